The summed E-state index contributed by atoms with van der Waals surface area (Å²) in [7, 11) is 3.18. The van der Waals surface area contributed by atoms with Crippen LogP contribution >= 0.6 is 12.2 Å². The van der Waals surface area contributed by atoms with Gasteiger partial charge in [0.1, 0.15) is 0 Å². The smallest absolute Gasteiger partial charge is 0.195 e. The van der Waals surface area contributed by atoms with Crippen LogP contribution < -0.4 is 0 Å². The van der Waals surface area contributed by atoms with E-state index in [1.54, 1.807) is 0 Å². The Hall–Kier alpha value is -0.0451. The molecule has 0 unspecified atom stereocenters. The second-order valence-corrected chi connectivity index (χ2v) is 2.39. The van der Waals surface area contributed by atoms with Gasteiger partial charge in [-0.25, -0.2) is 0 Å². The lowest BCUT2D eigenvalue weighted by atomic mass is 9.78. The van der Waals surface area contributed by atoms with Gasteiger partial charge in [0.25, 0.3) is 0 Å². The molecule has 7 heavy (non-hydrogen) atoms. The van der Waals surface area contributed by atoms with Crippen molar-refractivity contribution in [2.24, 2.45) is 0 Å². The van der Waals surface area contributed by atoms with Crippen molar-refractivity contribution < 1.29 is 0 Å². The predicted molar refractivity (Wildman–Crippen MR) is 37.2 cm³/mol. The zero-order chi connectivity index (χ0) is 5.28. The van der Waals surface area contributed by atoms with Gasteiger partial charge in [0.2, 0.25) is 0 Å². The van der Waals surface area contributed by atoms with Gasteiger partial charge < -0.3 is 4.90 Å². The lowest BCUT2D eigenvalue weighted by Crippen LogP contribution is -2.18. The fraction of sp³-hybridized carbons (Fsp3) is 0.750. The van der Waals surface area contributed by atoms with E-state index < -0.39 is 0 Å². The van der Waals surface area contributed by atoms with E-state index in [0.717, 1.165) is 12.2 Å². The molecule has 0 aromatic rings. The number of thiocarbonyl (C=S) groups is 1. The third-order valence-corrected chi connectivity index (χ3v) is 1.83. The number of nitrogens with zero attached hydrogens (tertiary/aromatic N) is 1. The van der Waals surface area contributed by atoms with Crippen molar-refractivity contribution in [2.75, 3.05) is 13.6 Å². The van der Waals surface area contributed by atoms with Crippen molar-refractivity contribution in [3.05, 3.63) is 0 Å². The normalized spacial score (nSPS) is 20.1. The van der Waals surface area contributed by atoms with E-state index in [0.29, 0.717) is 0 Å². The fourth-order valence-electron chi connectivity index (χ4n) is 0.783. The van der Waals surface area contributed by atoms with Gasteiger partial charge in [-0.05, 0) is 0 Å². The molecule has 0 spiro atoms. The summed E-state index contributed by atoms with van der Waals surface area (Å²) in [5, 5.41) is 0. The molecule has 0 amide bonds. The molecule has 1 aliphatic heterocycles. The number of hydrogen-bond donors (Lipinski definition) is 0. The Balaban J connectivity index is 2.48. The highest BCUT2D eigenvalue weighted by molar-refractivity contribution is 7.83. The van der Waals surface area contributed by atoms with Gasteiger partial charge >= 0.3 is 0 Å². The van der Waals surface area contributed by atoms with Crippen molar-refractivity contribution in [3.63, 3.8) is 0 Å². The van der Waals surface area contributed by atoms with Gasteiger partial charge in [0, 0.05) is 18.5 Å². The SMILES string of the molecule is CN1CCBC1=S. The summed E-state index contributed by atoms with van der Waals surface area (Å²) >= 11 is 4.97. The molecule has 38 valence electrons. The molecule has 1 saturated heterocycles. The molecule has 0 aliphatic carbocycles. The van der Waals surface area contributed by atoms with Crippen molar-refractivity contribution in [1.82, 2.24) is 4.90 Å². The van der Waals surface area contributed by atoms with Crippen LogP contribution in [0.25, 0.3) is 0 Å². The first-order valence-corrected chi connectivity index (χ1v) is 2.95. The maximum absolute atomic E-state index is 4.97. The Labute approximate surface area is 49.9 Å². The molecule has 1 heterocycles. The molecule has 0 N–H and O–H groups in total. The van der Waals surface area contributed by atoms with E-state index in [1.165, 1.54) is 12.9 Å². The minimum atomic E-state index is 1.13. The number of rotatable bonds is 0. The fourth-order valence-corrected chi connectivity index (χ4v) is 1.02. The van der Waals surface area contributed by atoms with Crippen LogP contribution in [0.2, 0.25) is 6.32 Å². The zero-order valence-electron chi connectivity index (χ0n) is 4.48. The van der Waals surface area contributed by atoms with Gasteiger partial charge in [0.05, 0.1) is 0 Å². The lowest BCUT2D eigenvalue weighted by molar-refractivity contribution is 0.569. The van der Waals surface area contributed by atoms with Crippen molar-refractivity contribution in [1.29, 1.82) is 0 Å². The Bertz CT molecular complexity index is 93.7. The summed E-state index contributed by atoms with van der Waals surface area (Å²) in [6.45, 7) is 1.17. The Morgan fingerprint density at radius 2 is 2.57 bits per heavy atom. The lowest BCUT2D eigenvalue weighted by Gasteiger charge is -2.07. The summed E-state index contributed by atoms with van der Waals surface area (Å²) in [6, 6.07) is 0. The maximum atomic E-state index is 4.97. The molecule has 0 aromatic carbocycles. The molecule has 0 aromatic heterocycles. The highest BCUT2D eigenvalue weighted by Crippen LogP contribution is 1.99. The third-order valence-electron chi connectivity index (χ3n) is 1.31. The minimum Gasteiger partial charge on any atom is -0.378 e. The van der Waals surface area contributed by atoms with Gasteiger partial charge in [-0.2, -0.15) is 0 Å². The van der Waals surface area contributed by atoms with Gasteiger partial charge in [0.15, 0.2) is 7.28 Å². The summed E-state index contributed by atoms with van der Waals surface area (Å²) in [5.41, 5.74) is 0. The second kappa shape index (κ2) is 1.82. The van der Waals surface area contributed by atoms with Crippen LogP contribution in [0.5, 0.6) is 0 Å². The first kappa shape index (κ1) is 5.10. The summed E-state index contributed by atoms with van der Waals surface area (Å²) < 4.78 is 0. The van der Waals surface area contributed by atoms with E-state index in [4.69, 9.17) is 12.2 Å². The largest absolute Gasteiger partial charge is 0.378 e. The van der Waals surface area contributed by atoms with Crippen LogP contribution in [0.15, 0.2) is 0 Å². The van der Waals surface area contributed by atoms with E-state index in [9.17, 15) is 0 Å². The molecule has 1 aliphatic rings. The van der Waals surface area contributed by atoms with Gasteiger partial charge in [-0.3, -0.25) is 0 Å². The molecule has 0 radical (unpaired) electrons. The first-order valence-electron chi connectivity index (χ1n) is 2.54. The van der Waals surface area contributed by atoms with Crippen LogP contribution in [0.4, 0.5) is 0 Å². The van der Waals surface area contributed by atoms with E-state index >= 15 is 0 Å². The molecule has 0 saturated carbocycles. The first-order chi connectivity index (χ1) is 3.30. The summed E-state index contributed by atoms with van der Waals surface area (Å²) in [5.74, 6) is 0. The quantitative estimate of drug-likeness (QED) is 0.323. The van der Waals surface area contributed by atoms with Crippen molar-refractivity contribution in [3.8, 4) is 0 Å². The highest BCUT2D eigenvalue weighted by Gasteiger charge is 2.11. The molecule has 1 rings (SSSR count). The molecule has 3 heteroatoms. The van der Waals surface area contributed by atoms with Crippen LogP contribution in [0.3, 0.4) is 0 Å². The third kappa shape index (κ3) is 0.940. The molecule has 0 bridgehead atoms. The van der Waals surface area contributed by atoms with Crippen molar-refractivity contribution in [2.45, 2.75) is 6.32 Å². The summed E-state index contributed by atoms with van der Waals surface area (Å²) in [6.07, 6.45) is 1.26. The summed E-state index contributed by atoms with van der Waals surface area (Å²) in [4.78, 5) is 3.26. The van der Waals surface area contributed by atoms with Gasteiger partial charge in [-0.1, -0.05) is 18.5 Å². The van der Waals surface area contributed by atoms with Crippen LogP contribution in [0, 0.1) is 0 Å². The average molecular weight is 113 g/mol. The molecule has 1 fully saturated rings. The molecular weight excluding hydrogens is 105 g/mol. The van der Waals surface area contributed by atoms with Crippen LogP contribution in [0.1, 0.15) is 0 Å². The topological polar surface area (TPSA) is 3.24 Å². The highest BCUT2D eigenvalue weighted by atomic mass is 32.1. The Morgan fingerprint density at radius 1 is 1.86 bits per heavy atom. The Kier molecular flexibility index (Phi) is 1.33. The van der Waals surface area contributed by atoms with E-state index in [2.05, 4.69) is 11.9 Å². The van der Waals surface area contributed by atoms with E-state index in [1.807, 2.05) is 0 Å². The predicted octanol–water partition coefficient (Wildman–Crippen LogP) is 0.0715. The van der Waals surface area contributed by atoms with Gasteiger partial charge in [-0.15, -0.1) is 0 Å². The van der Waals surface area contributed by atoms with E-state index in [-0.39, 0.29) is 0 Å². The number of hydrogen-bond acceptors (Lipinski definition) is 1. The standard InChI is InChI=1S/C4H8BNS/c1-6-3-2-5-4(6)7/h5H,2-3H2,1H3. The van der Waals surface area contributed by atoms with Crippen LogP contribution in [-0.4, -0.2) is 30.7 Å². The zero-order valence-corrected chi connectivity index (χ0v) is 5.29. The molecular formula is C4H8BNS. The minimum absolute atomic E-state index is 1.13. The van der Waals surface area contributed by atoms with Crippen molar-refractivity contribution >= 4 is 24.4 Å². The molecule has 0 atom stereocenters. The van der Waals surface area contributed by atoms with Crippen LogP contribution in [-0.2, 0) is 0 Å². The second-order valence-electron chi connectivity index (χ2n) is 1.92. The molecule has 1 nitrogen and oxygen atoms in total. The maximum Gasteiger partial charge on any atom is 0.195 e. The Morgan fingerprint density at radius 3 is 2.71 bits per heavy atom. The monoisotopic (exact) mass is 113 g/mol. The average Bonchev–Trinajstić information content (AvgIpc) is 1.91.